The van der Waals surface area contributed by atoms with Crippen molar-refractivity contribution in [3.8, 4) is 0 Å². The van der Waals surface area contributed by atoms with Gasteiger partial charge >= 0.3 is 0 Å². The summed E-state index contributed by atoms with van der Waals surface area (Å²) in [5, 5.41) is 1.01. The van der Waals surface area contributed by atoms with Crippen LogP contribution in [0.3, 0.4) is 0 Å². The van der Waals surface area contributed by atoms with Crippen molar-refractivity contribution in [1.29, 1.82) is 0 Å². The van der Waals surface area contributed by atoms with Gasteiger partial charge in [-0.3, -0.25) is 4.79 Å². The highest BCUT2D eigenvalue weighted by atomic mass is 32.1. The molecule has 1 aromatic rings. The van der Waals surface area contributed by atoms with E-state index in [1.54, 1.807) is 36.6 Å². The summed E-state index contributed by atoms with van der Waals surface area (Å²) < 4.78 is 10.00. The van der Waals surface area contributed by atoms with E-state index in [-0.39, 0.29) is 12.5 Å². The molecule has 5 nitrogen and oxygen atoms in total. The zero-order valence-electron chi connectivity index (χ0n) is 10.4. The second-order valence-electron chi connectivity index (χ2n) is 3.64. The molecule has 0 atom stereocenters. The number of carbonyl (C=O) groups is 1. The maximum atomic E-state index is 11.7. The fourth-order valence-electron chi connectivity index (χ4n) is 1.21. The second-order valence-corrected chi connectivity index (χ2v) is 4.96. The first-order chi connectivity index (χ1) is 8.13. The molecule has 0 aliphatic rings. The van der Waals surface area contributed by atoms with Crippen molar-refractivity contribution < 1.29 is 14.3 Å². The number of thiazole rings is 1. The van der Waals surface area contributed by atoms with Crippen LogP contribution in [0.1, 0.15) is 9.88 Å². The minimum atomic E-state index is -0.0350. The fourth-order valence-corrected chi connectivity index (χ4v) is 2.06. The van der Waals surface area contributed by atoms with Gasteiger partial charge in [-0.2, -0.15) is 0 Å². The number of hydrogen-bond acceptors (Lipinski definition) is 5. The molecule has 0 aromatic carbocycles. The van der Waals surface area contributed by atoms with Crippen LogP contribution in [0.25, 0.3) is 0 Å². The maximum absolute atomic E-state index is 11.7. The first-order valence-corrected chi connectivity index (χ1v) is 6.17. The number of aromatic nitrogens is 1. The van der Waals surface area contributed by atoms with E-state index in [9.17, 15) is 4.79 Å². The van der Waals surface area contributed by atoms with Crippen molar-refractivity contribution in [2.24, 2.45) is 0 Å². The summed E-state index contributed by atoms with van der Waals surface area (Å²) in [6.07, 6.45) is 1.80. The van der Waals surface area contributed by atoms with E-state index in [1.165, 1.54) is 0 Å². The van der Waals surface area contributed by atoms with Gasteiger partial charge < -0.3 is 14.4 Å². The van der Waals surface area contributed by atoms with Gasteiger partial charge in [-0.05, 0) is 6.92 Å². The number of aryl methyl sites for hydroxylation is 1. The SMILES string of the molecule is COCCOCC(=O)N(C)Cc1cnc(C)s1. The summed E-state index contributed by atoms with van der Waals surface area (Å²) >= 11 is 1.60. The lowest BCUT2D eigenvalue weighted by atomic mass is 10.4. The summed E-state index contributed by atoms with van der Waals surface area (Å²) in [6.45, 7) is 3.57. The average molecular weight is 258 g/mol. The van der Waals surface area contributed by atoms with Gasteiger partial charge in [0, 0.05) is 25.2 Å². The van der Waals surface area contributed by atoms with Crippen LogP contribution in [0.2, 0.25) is 0 Å². The summed E-state index contributed by atoms with van der Waals surface area (Å²) in [5.74, 6) is -0.0350. The normalized spacial score (nSPS) is 10.5. The molecule has 0 N–H and O–H groups in total. The predicted octanol–water partition coefficient (Wildman–Crippen LogP) is 1.07. The highest BCUT2D eigenvalue weighted by Gasteiger charge is 2.10. The van der Waals surface area contributed by atoms with Gasteiger partial charge in [-0.15, -0.1) is 11.3 Å². The molecule has 0 saturated heterocycles. The number of likely N-dealkylation sites (N-methyl/N-ethyl adjacent to an activating group) is 1. The zero-order chi connectivity index (χ0) is 12.7. The van der Waals surface area contributed by atoms with Gasteiger partial charge in [-0.1, -0.05) is 0 Å². The topological polar surface area (TPSA) is 51.7 Å². The van der Waals surface area contributed by atoms with Crippen molar-refractivity contribution in [3.63, 3.8) is 0 Å². The standard InChI is InChI=1S/C11H18N2O3S/c1-9-12-6-10(17-9)7-13(2)11(14)8-16-5-4-15-3/h6H,4-5,7-8H2,1-3H3. The van der Waals surface area contributed by atoms with Gasteiger partial charge in [-0.25, -0.2) is 4.98 Å². The monoisotopic (exact) mass is 258 g/mol. The molecule has 1 heterocycles. The Morgan fingerprint density at radius 1 is 1.53 bits per heavy atom. The van der Waals surface area contributed by atoms with Crippen LogP contribution in [0.4, 0.5) is 0 Å². The van der Waals surface area contributed by atoms with Crippen molar-refractivity contribution in [3.05, 3.63) is 16.1 Å². The third-order valence-electron chi connectivity index (χ3n) is 2.15. The molecule has 1 rings (SSSR count). The number of carbonyl (C=O) groups excluding carboxylic acids is 1. The summed E-state index contributed by atoms with van der Waals surface area (Å²) in [7, 11) is 3.36. The van der Waals surface area contributed by atoms with Crippen LogP contribution in [0, 0.1) is 6.92 Å². The predicted molar refractivity (Wildman–Crippen MR) is 66.0 cm³/mol. The molecule has 0 spiro atoms. The van der Waals surface area contributed by atoms with Crippen molar-refractivity contribution >= 4 is 17.2 Å². The van der Waals surface area contributed by atoms with Gasteiger partial charge in [0.1, 0.15) is 6.61 Å². The molecule has 1 amide bonds. The number of methoxy groups -OCH3 is 1. The van der Waals surface area contributed by atoms with E-state index in [0.29, 0.717) is 19.8 Å². The van der Waals surface area contributed by atoms with Crippen LogP contribution >= 0.6 is 11.3 Å². The van der Waals surface area contributed by atoms with Crippen LogP contribution in [0.15, 0.2) is 6.20 Å². The Labute approximate surface area is 105 Å². The zero-order valence-corrected chi connectivity index (χ0v) is 11.2. The minimum absolute atomic E-state index is 0.0350. The molecular weight excluding hydrogens is 240 g/mol. The lowest BCUT2D eigenvalue weighted by molar-refractivity contribution is -0.135. The average Bonchev–Trinajstić information content (AvgIpc) is 2.70. The Kier molecular flexibility index (Phi) is 6.10. The summed E-state index contributed by atoms with van der Waals surface area (Å²) in [4.78, 5) is 18.5. The highest BCUT2D eigenvalue weighted by molar-refractivity contribution is 7.11. The van der Waals surface area contributed by atoms with Crippen molar-refractivity contribution in [2.45, 2.75) is 13.5 Å². The Balaban J connectivity index is 2.27. The number of hydrogen-bond donors (Lipinski definition) is 0. The first kappa shape index (κ1) is 14.1. The highest BCUT2D eigenvalue weighted by Crippen LogP contribution is 2.13. The van der Waals surface area contributed by atoms with E-state index in [0.717, 1.165) is 9.88 Å². The molecule has 0 fully saturated rings. The first-order valence-electron chi connectivity index (χ1n) is 5.35. The number of amides is 1. The van der Waals surface area contributed by atoms with Crippen LogP contribution in [-0.4, -0.2) is 49.8 Å². The van der Waals surface area contributed by atoms with E-state index in [4.69, 9.17) is 9.47 Å². The third kappa shape index (κ3) is 5.25. The second kappa shape index (κ2) is 7.37. The summed E-state index contributed by atoms with van der Waals surface area (Å²) in [6, 6.07) is 0. The largest absolute Gasteiger partial charge is 0.382 e. The maximum Gasteiger partial charge on any atom is 0.248 e. The van der Waals surface area contributed by atoms with Crippen molar-refractivity contribution in [2.75, 3.05) is 34.0 Å². The van der Waals surface area contributed by atoms with Gasteiger partial charge in [0.05, 0.1) is 24.8 Å². The number of rotatable bonds is 7. The smallest absolute Gasteiger partial charge is 0.248 e. The molecule has 0 unspecified atom stereocenters. The van der Waals surface area contributed by atoms with Gasteiger partial charge in [0.2, 0.25) is 5.91 Å². The molecule has 0 aliphatic heterocycles. The van der Waals surface area contributed by atoms with Gasteiger partial charge in [0.15, 0.2) is 0 Å². The quantitative estimate of drug-likeness (QED) is 0.687. The van der Waals surface area contributed by atoms with Gasteiger partial charge in [0.25, 0.3) is 0 Å². The van der Waals surface area contributed by atoms with E-state index < -0.39 is 0 Å². The van der Waals surface area contributed by atoms with E-state index >= 15 is 0 Å². The molecule has 0 aliphatic carbocycles. The fraction of sp³-hybridized carbons (Fsp3) is 0.636. The molecule has 6 heteroatoms. The minimum Gasteiger partial charge on any atom is -0.382 e. The molecule has 0 saturated carbocycles. The molecule has 0 radical (unpaired) electrons. The lowest BCUT2D eigenvalue weighted by Gasteiger charge is -2.15. The molecule has 1 aromatic heterocycles. The van der Waals surface area contributed by atoms with Crippen molar-refractivity contribution in [1.82, 2.24) is 9.88 Å². The van der Waals surface area contributed by atoms with Crippen LogP contribution in [-0.2, 0) is 20.8 Å². The number of ether oxygens (including phenoxy) is 2. The Bertz CT molecular complexity index is 354. The molecule has 96 valence electrons. The Morgan fingerprint density at radius 3 is 2.88 bits per heavy atom. The number of nitrogens with zero attached hydrogens (tertiary/aromatic N) is 2. The molecule has 17 heavy (non-hydrogen) atoms. The molecule has 0 bridgehead atoms. The molecular formula is C11H18N2O3S. The lowest BCUT2D eigenvalue weighted by Crippen LogP contribution is -2.30. The van der Waals surface area contributed by atoms with Crippen LogP contribution in [0.5, 0.6) is 0 Å². The van der Waals surface area contributed by atoms with Crippen LogP contribution < -0.4 is 0 Å². The van der Waals surface area contributed by atoms with E-state index in [2.05, 4.69) is 4.98 Å². The van der Waals surface area contributed by atoms with E-state index in [1.807, 2.05) is 6.92 Å². The Morgan fingerprint density at radius 2 is 2.29 bits per heavy atom. The third-order valence-corrected chi connectivity index (χ3v) is 3.04. The Hall–Kier alpha value is -0.980. The summed E-state index contributed by atoms with van der Waals surface area (Å²) in [5.41, 5.74) is 0.